The van der Waals surface area contributed by atoms with Crippen molar-refractivity contribution < 1.29 is 4.74 Å². The van der Waals surface area contributed by atoms with E-state index in [4.69, 9.17) is 10.5 Å². The van der Waals surface area contributed by atoms with Crippen molar-refractivity contribution in [2.75, 3.05) is 38.7 Å². The number of para-hydroxylation sites is 2. The predicted octanol–water partition coefficient (Wildman–Crippen LogP) is 1.70. The van der Waals surface area contributed by atoms with Gasteiger partial charge in [0.2, 0.25) is 0 Å². The zero-order valence-corrected chi connectivity index (χ0v) is 12.5. The summed E-state index contributed by atoms with van der Waals surface area (Å²) in [5, 5.41) is 0. The number of methoxy groups -OCH3 is 1. The second-order valence-electron chi connectivity index (χ2n) is 5.98. The molecule has 0 bridgehead atoms. The second kappa shape index (κ2) is 5.26. The first kappa shape index (κ1) is 13.7. The molecule has 2 N–H and O–H groups in total. The summed E-state index contributed by atoms with van der Waals surface area (Å²) in [5.74, 6) is 0.930. The molecule has 2 saturated heterocycles. The van der Waals surface area contributed by atoms with Crippen molar-refractivity contribution in [2.24, 2.45) is 5.73 Å². The van der Waals surface area contributed by atoms with Gasteiger partial charge in [-0.3, -0.25) is 4.90 Å². The second-order valence-corrected chi connectivity index (χ2v) is 5.98. The number of fused-ring (bicyclic) bond motifs is 1. The topological polar surface area (TPSA) is 41.7 Å². The van der Waals surface area contributed by atoms with Gasteiger partial charge in [-0.05, 0) is 37.9 Å². The first-order chi connectivity index (χ1) is 9.73. The van der Waals surface area contributed by atoms with Crippen molar-refractivity contribution in [2.45, 2.75) is 30.8 Å². The summed E-state index contributed by atoms with van der Waals surface area (Å²) in [6.45, 7) is 3.09. The van der Waals surface area contributed by atoms with Gasteiger partial charge in [0, 0.05) is 26.2 Å². The Hall–Kier alpha value is -1.26. The number of benzene rings is 1. The van der Waals surface area contributed by atoms with E-state index in [0.29, 0.717) is 12.6 Å². The monoisotopic (exact) mass is 275 g/mol. The van der Waals surface area contributed by atoms with E-state index in [1.807, 2.05) is 12.1 Å². The van der Waals surface area contributed by atoms with Crippen LogP contribution in [0.4, 0.5) is 5.69 Å². The van der Waals surface area contributed by atoms with Gasteiger partial charge in [0.1, 0.15) is 5.75 Å². The first-order valence-electron chi connectivity index (χ1n) is 7.54. The van der Waals surface area contributed by atoms with Gasteiger partial charge in [0.25, 0.3) is 0 Å². The van der Waals surface area contributed by atoms with Crippen LogP contribution in [0.5, 0.6) is 5.75 Å². The molecule has 1 aromatic rings. The van der Waals surface area contributed by atoms with Crippen molar-refractivity contribution in [1.29, 1.82) is 0 Å². The number of hydrogen-bond acceptors (Lipinski definition) is 4. The number of likely N-dealkylation sites (N-methyl/N-ethyl adjacent to an activating group) is 1. The molecule has 2 aliphatic rings. The highest BCUT2D eigenvalue weighted by atomic mass is 16.5. The maximum absolute atomic E-state index is 6.25. The molecule has 1 aromatic carbocycles. The van der Waals surface area contributed by atoms with Gasteiger partial charge in [-0.25, -0.2) is 0 Å². The zero-order chi connectivity index (χ0) is 14.2. The maximum Gasteiger partial charge on any atom is 0.142 e. The van der Waals surface area contributed by atoms with E-state index >= 15 is 0 Å². The zero-order valence-electron chi connectivity index (χ0n) is 12.5. The van der Waals surface area contributed by atoms with E-state index in [1.165, 1.54) is 25.9 Å². The standard InChI is InChI=1S/C16H25N3O/c1-18(13-6-3-4-7-14(13)20-2)16(12-17)9-11-19-10-5-8-15(16)19/h3-4,6-7,15H,5,8-12,17H2,1-2H3. The number of anilines is 1. The normalized spacial score (nSPS) is 29.4. The molecule has 20 heavy (non-hydrogen) atoms. The van der Waals surface area contributed by atoms with Crippen LogP contribution >= 0.6 is 0 Å². The minimum absolute atomic E-state index is 0.0468. The Balaban J connectivity index is 1.96. The number of hydrogen-bond donors (Lipinski definition) is 1. The number of rotatable bonds is 4. The average Bonchev–Trinajstić information content (AvgIpc) is 3.09. The molecule has 2 heterocycles. The van der Waals surface area contributed by atoms with E-state index < -0.39 is 0 Å². The van der Waals surface area contributed by atoms with Gasteiger partial charge in [0.15, 0.2) is 0 Å². The van der Waals surface area contributed by atoms with Crippen molar-refractivity contribution in [1.82, 2.24) is 4.90 Å². The first-order valence-corrected chi connectivity index (χ1v) is 7.54. The molecule has 2 aliphatic heterocycles. The highest BCUT2D eigenvalue weighted by Gasteiger charge is 2.51. The highest BCUT2D eigenvalue weighted by molar-refractivity contribution is 5.60. The summed E-state index contributed by atoms with van der Waals surface area (Å²) in [7, 11) is 3.91. The SMILES string of the molecule is COc1ccccc1N(C)C1(CN)CCN2CCCC21. The van der Waals surface area contributed by atoms with Crippen LogP contribution in [-0.2, 0) is 0 Å². The third-order valence-corrected chi connectivity index (χ3v) is 5.28. The molecule has 0 aliphatic carbocycles. The van der Waals surface area contributed by atoms with Crippen molar-refractivity contribution in [3.63, 3.8) is 0 Å². The fourth-order valence-corrected chi connectivity index (χ4v) is 4.12. The van der Waals surface area contributed by atoms with Crippen molar-refractivity contribution in [3.05, 3.63) is 24.3 Å². The van der Waals surface area contributed by atoms with Crippen LogP contribution in [0.3, 0.4) is 0 Å². The molecule has 0 spiro atoms. The van der Waals surface area contributed by atoms with Crippen LogP contribution in [0.15, 0.2) is 24.3 Å². The van der Waals surface area contributed by atoms with Crippen LogP contribution in [-0.4, -0.2) is 50.3 Å². The lowest BCUT2D eigenvalue weighted by Gasteiger charge is -2.44. The number of nitrogens with two attached hydrogens (primary N) is 1. The van der Waals surface area contributed by atoms with E-state index in [2.05, 4.69) is 29.0 Å². The fraction of sp³-hybridized carbons (Fsp3) is 0.625. The third kappa shape index (κ3) is 1.90. The van der Waals surface area contributed by atoms with Gasteiger partial charge < -0.3 is 15.4 Å². The van der Waals surface area contributed by atoms with Crippen LogP contribution in [0.2, 0.25) is 0 Å². The fourth-order valence-electron chi connectivity index (χ4n) is 4.12. The van der Waals surface area contributed by atoms with Gasteiger partial charge in [-0.15, -0.1) is 0 Å². The van der Waals surface area contributed by atoms with Crippen molar-refractivity contribution in [3.8, 4) is 5.75 Å². The predicted molar refractivity (Wildman–Crippen MR) is 82.4 cm³/mol. The van der Waals surface area contributed by atoms with E-state index in [-0.39, 0.29) is 5.54 Å². The van der Waals surface area contributed by atoms with Gasteiger partial charge in [-0.1, -0.05) is 12.1 Å². The smallest absolute Gasteiger partial charge is 0.142 e. The number of ether oxygens (including phenoxy) is 1. The molecule has 2 fully saturated rings. The van der Waals surface area contributed by atoms with Crippen molar-refractivity contribution >= 4 is 5.69 Å². The molecule has 4 nitrogen and oxygen atoms in total. The lowest BCUT2D eigenvalue weighted by Crippen LogP contribution is -2.59. The summed E-state index contributed by atoms with van der Waals surface area (Å²) < 4.78 is 5.53. The maximum atomic E-state index is 6.25. The molecular formula is C16H25N3O. The third-order valence-electron chi connectivity index (χ3n) is 5.28. The molecular weight excluding hydrogens is 250 g/mol. The molecule has 0 radical (unpaired) electrons. The van der Waals surface area contributed by atoms with Crippen LogP contribution < -0.4 is 15.4 Å². The molecule has 0 aromatic heterocycles. The Labute approximate surface area is 121 Å². The summed E-state index contributed by atoms with van der Waals surface area (Å²) >= 11 is 0. The molecule has 0 amide bonds. The molecule has 2 atom stereocenters. The van der Waals surface area contributed by atoms with Crippen LogP contribution in [0.25, 0.3) is 0 Å². The Morgan fingerprint density at radius 1 is 1.40 bits per heavy atom. The highest BCUT2D eigenvalue weighted by Crippen LogP contribution is 2.42. The molecule has 0 saturated carbocycles. The van der Waals surface area contributed by atoms with Crippen LogP contribution in [0, 0.1) is 0 Å². The van der Waals surface area contributed by atoms with Gasteiger partial charge in [0.05, 0.1) is 18.3 Å². The quantitative estimate of drug-likeness (QED) is 0.908. The minimum atomic E-state index is 0.0468. The summed E-state index contributed by atoms with van der Waals surface area (Å²) in [6, 6.07) is 8.83. The van der Waals surface area contributed by atoms with E-state index in [0.717, 1.165) is 17.9 Å². The lowest BCUT2D eigenvalue weighted by molar-refractivity contribution is 0.261. The molecule has 2 unspecified atom stereocenters. The Morgan fingerprint density at radius 2 is 2.20 bits per heavy atom. The van der Waals surface area contributed by atoms with E-state index in [9.17, 15) is 0 Å². The Kier molecular flexibility index (Phi) is 3.61. The summed E-state index contributed by atoms with van der Waals surface area (Å²) in [6.07, 6.45) is 3.70. The average molecular weight is 275 g/mol. The van der Waals surface area contributed by atoms with Crippen LogP contribution in [0.1, 0.15) is 19.3 Å². The van der Waals surface area contributed by atoms with Gasteiger partial charge in [-0.2, -0.15) is 0 Å². The van der Waals surface area contributed by atoms with Gasteiger partial charge >= 0.3 is 0 Å². The molecule has 4 heteroatoms. The summed E-state index contributed by atoms with van der Waals surface area (Å²) in [4.78, 5) is 4.99. The minimum Gasteiger partial charge on any atom is -0.495 e. The largest absolute Gasteiger partial charge is 0.495 e. The summed E-state index contributed by atoms with van der Waals surface area (Å²) in [5.41, 5.74) is 7.44. The Morgan fingerprint density at radius 3 is 2.95 bits per heavy atom. The van der Waals surface area contributed by atoms with E-state index in [1.54, 1.807) is 7.11 Å². The molecule has 3 rings (SSSR count). The Bertz CT molecular complexity index is 479. The lowest BCUT2D eigenvalue weighted by atomic mass is 9.86. The number of nitrogens with zero attached hydrogens (tertiary/aromatic N) is 2. The molecule has 110 valence electrons.